The van der Waals surface area contributed by atoms with Crippen molar-refractivity contribution in [2.45, 2.75) is 40.0 Å². The predicted molar refractivity (Wildman–Crippen MR) is 82.8 cm³/mol. The van der Waals surface area contributed by atoms with Crippen LogP contribution in [0.25, 0.3) is 0 Å². The third kappa shape index (κ3) is 6.63. The first-order chi connectivity index (χ1) is 8.94. The second-order valence-electron chi connectivity index (χ2n) is 6.58. The Morgan fingerprint density at radius 2 is 2.00 bits per heavy atom. The van der Waals surface area contributed by atoms with E-state index in [0.717, 1.165) is 18.7 Å². The molecule has 2 nitrogen and oxygen atoms in total. The number of nitrogens with one attached hydrogen (secondary N) is 1. The van der Waals surface area contributed by atoms with Gasteiger partial charge in [0.15, 0.2) is 0 Å². The first-order valence-corrected chi connectivity index (χ1v) is 7.22. The van der Waals surface area contributed by atoms with Crippen molar-refractivity contribution in [2.75, 3.05) is 20.7 Å². The molecule has 19 heavy (non-hydrogen) atoms. The molecule has 0 heterocycles. The fourth-order valence-corrected chi connectivity index (χ4v) is 2.33. The lowest BCUT2D eigenvalue weighted by Crippen LogP contribution is -2.22. The largest absolute Gasteiger partial charge is 0.497 e. The summed E-state index contributed by atoms with van der Waals surface area (Å²) in [6, 6.07) is 8.43. The van der Waals surface area contributed by atoms with Gasteiger partial charge in [0.1, 0.15) is 5.75 Å². The van der Waals surface area contributed by atoms with Crippen LogP contribution in [-0.4, -0.2) is 20.7 Å². The van der Waals surface area contributed by atoms with Crippen molar-refractivity contribution < 1.29 is 4.74 Å². The van der Waals surface area contributed by atoms with Gasteiger partial charge in [0.25, 0.3) is 0 Å². The minimum Gasteiger partial charge on any atom is -0.497 e. The van der Waals surface area contributed by atoms with E-state index in [1.165, 1.54) is 18.4 Å². The van der Waals surface area contributed by atoms with Crippen LogP contribution in [0.2, 0.25) is 0 Å². The van der Waals surface area contributed by atoms with Crippen molar-refractivity contribution in [1.29, 1.82) is 0 Å². The molecule has 1 rings (SSSR count). The van der Waals surface area contributed by atoms with Crippen LogP contribution in [0.5, 0.6) is 5.75 Å². The minimum atomic E-state index is 0.417. The van der Waals surface area contributed by atoms with Crippen LogP contribution in [0.3, 0.4) is 0 Å². The molecule has 1 aromatic carbocycles. The van der Waals surface area contributed by atoms with Crippen molar-refractivity contribution in [3.05, 3.63) is 29.8 Å². The Morgan fingerprint density at radius 3 is 2.58 bits per heavy atom. The average Bonchev–Trinajstić information content (AvgIpc) is 2.35. The Bertz CT molecular complexity index is 368. The monoisotopic (exact) mass is 263 g/mol. The van der Waals surface area contributed by atoms with Gasteiger partial charge in [-0.15, -0.1) is 0 Å². The van der Waals surface area contributed by atoms with Crippen molar-refractivity contribution in [3.63, 3.8) is 0 Å². The van der Waals surface area contributed by atoms with Crippen LogP contribution in [0, 0.1) is 11.3 Å². The van der Waals surface area contributed by atoms with E-state index in [9.17, 15) is 0 Å². The van der Waals surface area contributed by atoms with Crippen molar-refractivity contribution in [1.82, 2.24) is 5.32 Å². The molecule has 0 aliphatic rings. The minimum absolute atomic E-state index is 0.417. The van der Waals surface area contributed by atoms with Gasteiger partial charge in [-0.3, -0.25) is 0 Å². The van der Waals surface area contributed by atoms with Crippen LogP contribution in [0.1, 0.15) is 39.2 Å². The van der Waals surface area contributed by atoms with Crippen LogP contribution in [-0.2, 0) is 6.42 Å². The topological polar surface area (TPSA) is 21.3 Å². The van der Waals surface area contributed by atoms with Gasteiger partial charge in [-0.25, -0.2) is 0 Å². The first-order valence-electron chi connectivity index (χ1n) is 7.22. The number of ether oxygens (including phenoxy) is 1. The van der Waals surface area contributed by atoms with Crippen molar-refractivity contribution >= 4 is 0 Å². The Balaban J connectivity index is 2.61. The summed E-state index contributed by atoms with van der Waals surface area (Å²) in [5.41, 5.74) is 1.79. The van der Waals surface area contributed by atoms with Gasteiger partial charge in [0.2, 0.25) is 0 Å². The molecule has 108 valence electrons. The van der Waals surface area contributed by atoms with E-state index in [4.69, 9.17) is 4.74 Å². The number of hydrogen-bond acceptors (Lipinski definition) is 2. The predicted octanol–water partition coefficient (Wildman–Crippen LogP) is 3.90. The molecule has 2 heteroatoms. The fourth-order valence-electron chi connectivity index (χ4n) is 2.33. The van der Waals surface area contributed by atoms with E-state index in [-0.39, 0.29) is 0 Å². The number of methoxy groups -OCH3 is 1. The second-order valence-corrected chi connectivity index (χ2v) is 6.58. The molecule has 0 saturated carbocycles. The van der Waals surface area contributed by atoms with Crippen LogP contribution in [0.4, 0.5) is 0 Å². The second kappa shape index (κ2) is 7.54. The number of benzene rings is 1. The highest BCUT2D eigenvalue weighted by Gasteiger charge is 2.15. The molecule has 0 amide bonds. The smallest absolute Gasteiger partial charge is 0.119 e. The quantitative estimate of drug-likeness (QED) is 0.805. The third-order valence-electron chi connectivity index (χ3n) is 3.45. The molecular formula is C17H29NO. The number of hydrogen-bond donors (Lipinski definition) is 1. The normalized spacial score (nSPS) is 13.3. The van der Waals surface area contributed by atoms with Crippen LogP contribution < -0.4 is 10.1 Å². The van der Waals surface area contributed by atoms with Crippen LogP contribution >= 0.6 is 0 Å². The summed E-state index contributed by atoms with van der Waals surface area (Å²) >= 11 is 0. The third-order valence-corrected chi connectivity index (χ3v) is 3.45. The zero-order valence-corrected chi connectivity index (χ0v) is 13.1. The molecule has 1 atom stereocenters. The number of rotatable bonds is 7. The van der Waals surface area contributed by atoms with Gasteiger partial charge < -0.3 is 10.1 Å². The van der Waals surface area contributed by atoms with Crippen molar-refractivity contribution in [3.8, 4) is 5.75 Å². The Hall–Kier alpha value is -1.02. The summed E-state index contributed by atoms with van der Waals surface area (Å²) in [6.45, 7) is 8.02. The highest BCUT2D eigenvalue weighted by molar-refractivity contribution is 5.28. The van der Waals surface area contributed by atoms with E-state index < -0.39 is 0 Å². The van der Waals surface area contributed by atoms with Gasteiger partial charge in [-0.05, 0) is 61.9 Å². The maximum Gasteiger partial charge on any atom is 0.119 e. The van der Waals surface area contributed by atoms with E-state index in [2.05, 4.69) is 44.3 Å². The molecule has 0 aliphatic carbocycles. The van der Waals surface area contributed by atoms with Crippen molar-refractivity contribution in [2.24, 2.45) is 11.3 Å². The van der Waals surface area contributed by atoms with E-state index in [1.807, 2.05) is 13.1 Å². The highest BCUT2D eigenvalue weighted by atomic mass is 16.5. The van der Waals surface area contributed by atoms with Gasteiger partial charge >= 0.3 is 0 Å². The molecule has 0 spiro atoms. The summed E-state index contributed by atoms with van der Waals surface area (Å²) in [5.74, 6) is 1.65. The first kappa shape index (κ1) is 16.0. The zero-order chi connectivity index (χ0) is 14.3. The molecule has 0 aromatic heterocycles. The zero-order valence-electron chi connectivity index (χ0n) is 13.1. The van der Waals surface area contributed by atoms with Gasteiger partial charge in [0.05, 0.1) is 7.11 Å². The summed E-state index contributed by atoms with van der Waals surface area (Å²) < 4.78 is 5.29. The Morgan fingerprint density at radius 1 is 1.26 bits per heavy atom. The molecule has 1 unspecified atom stereocenters. The SMILES string of the molecule is CNCC(CCC(C)(C)C)Cc1cccc(OC)c1. The van der Waals surface area contributed by atoms with Gasteiger partial charge in [-0.1, -0.05) is 32.9 Å². The molecule has 0 aliphatic heterocycles. The van der Waals surface area contributed by atoms with E-state index in [0.29, 0.717) is 11.3 Å². The summed E-state index contributed by atoms with van der Waals surface area (Å²) in [5, 5.41) is 3.32. The summed E-state index contributed by atoms with van der Waals surface area (Å²) in [6.07, 6.45) is 3.65. The lowest BCUT2D eigenvalue weighted by Gasteiger charge is -2.23. The Kier molecular flexibility index (Phi) is 6.36. The summed E-state index contributed by atoms with van der Waals surface area (Å²) in [4.78, 5) is 0. The molecule has 0 saturated heterocycles. The van der Waals surface area contributed by atoms with Gasteiger partial charge in [0, 0.05) is 0 Å². The molecule has 0 fully saturated rings. The van der Waals surface area contributed by atoms with Gasteiger partial charge in [-0.2, -0.15) is 0 Å². The lowest BCUT2D eigenvalue weighted by atomic mass is 9.84. The average molecular weight is 263 g/mol. The maximum absolute atomic E-state index is 5.29. The van der Waals surface area contributed by atoms with Crippen LogP contribution in [0.15, 0.2) is 24.3 Å². The molecule has 1 N–H and O–H groups in total. The molecule has 0 bridgehead atoms. The molecule has 1 aromatic rings. The maximum atomic E-state index is 5.29. The lowest BCUT2D eigenvalue weighted by molar-refractivity contribution is 0.316. The highest BCUT2D eigenvalue weighted by Crippen LogP contribution is 2.25. The Labute approximate surface area is 118 Å². The van der Waals surface area contributed by atoms with E-state index >= 15 is 0 Å². The molecular weight excluding hydrogens is 234 g/mol. The molecule has 0 radical (unpaired) electrons. The van der Waals surface area contributed by atoms with E-state index in [1.54, 1.807) is 7.11 Å². The summed E-state index contributed by atoms with van der Waals surface area (Å²) in [7, 11) is 3.76. The fraction of sp³-hybridized carbons (Fsp3) is 0.647. The standard InChI is InChI=1S/C17H29NO/c1-17(2,3)10-9-15(13-18-4)11-14-7-6-8-16(12-14)19-5/h6-8,12,15,18H,9-11,13H2,1-5H3.